The molecule has 2 N–H and O–H groups in total. The highest BCUT2D eigenvalue weighted by Gasteiger charge is 2.16. The molecule has 0 heterocycles. The topological polar surface area (TPSA) is 59.0 Å². The molecule has 1 aromatic carbocycles. The Hall–Kier alpha value is -1.53. The highest BCUT2D eigenvalue weighted by molar-refractivity contribution is 5.37. The van der Waals surface area contributed by atoms with E-state index >= 15 is 0 Å². The van der Waals surface area contributed by atoms with Crippen LogP contribution in [0.3, 0.4) is 0 Å². The average molecular weight is 232 g/mol. The van der Waals surface area contributed by atoms with Gasteiger partial charge in [-0.2, -0.15) is 5.26 Å². The Bertz CT molecular complexity index is 419. The summed E-state index contributed by atoms with van der Waals surface area (Å²) in [5.74, 6) is 0.923. The molecule has 3 nitrogen and oxygen atoms in total. The normalized spacial score (nSPS) is 13.8. The van der Waals surface area contributed by atoms with Gasteiger partial charge in [-0.05, 0) is 43.4 Å². The van der Waals surface area contributed by atoms with Crippen LogP contribution in [0.4, 0.5) is 0 Å². The number of hydrogen-bond donors (Lipinski definition) is 1. The number of aryl methyl sites for hydroxylation is 2. The quantitative estimate of drug-likeness (QED) is 0.848. The molecule has 1 atom stereocenters. The summed E-state index contributed by atoms with van der Waals surface area (Å²) >= 11 is 0. The fraction of sp³-hybridized carbons (Fsp3) is 0.500. The Morgan fingerprint density at radius 1 is 1.47 bits per heavy atom. The molecule has 0 saturated carbocycles. The van der Waals surface area contributed by atoms with Crippen LogP contribution in [0.2, 0.25) is 0 Å². The second-order valence-corrected chi connectivity index (χ2v) is 4.53. The van der Waals surface area contributed by atoms with E-state index in [1.54, 1.807) is 14.0 Å². The van der Waals surface area contributed by atoms with E-state index < -0.39 is 5.54 Å². The first-order valence-corrected chi connectivity index (χ1v) is 5.88. The van der Waals surface area contributed by atoms with Gasteiger partial charge in [0.15, 0.2) is 0 Å². The van der Waals surface area contributed by atoms with Gasteiger partial charge >= 0.3 is 0 Å². The number of benzene rings is 1. The zero-order chi connectivity index (χ0) is 12.9. The van der Waals surface area contributed by atoms with E-state index in [0.717, 1.165) is 18.6 Å². The van der Waals surface area contributed by atoms with Crippen molar-refractivity contribution >= 4 is 0 Å². The zero-order valence-electron chi connectivity index (χ0n) is 10.8. The third-order valence-electron chi connectivity index (χ3n) is 2.91. The first-order chi connectivity index (χ1) is 8.02. The van der Waals surface area contributed by atoms with Gasteiger partial charge in [-0.3, -0.25) is 0 Å². The van der Waals surface area contributed by atoms with Crippen molar-refractivity contribution in [2.75, 3.05) is 7.11 Å². The smallest absolute Gasteiger partial charge is 0.122 e. The van der Waals surface area contributed by atoms with Crippen LogP contribution in [0.15, 0.2) is 18.2 Å². The standard InChI is InChI=1S/C14H20N2O/c1-4-12-9-11(5-6-13(12)17-3)7-8-14(2,16)10-15/h5-6,9H,4,7-8,16H2,1-3H3. The molecule has 0 aliphatic heterocycles. The van der Waals surface area contributed by atoms with Crippen molar-refractivity contribution in [3.8, 4) is 11.8 Å². The molecular weight excluding hydrogens is 212 g/mol. The summed E-state index contributed by atoms with van der Waals surface area (Å²) in [5.41, 5.74) is 7.46. The number of methoxy groups -OCH3 is 1. The minimum absolute atomic E-state index is 0.666. The molecule has 0 bridgehead atoms. The zero-order valence-corrected chi connectivity index (χ0v) is 10.8. The maximum absolute atomic E-state index is 8.86. The lowest BCUT2D eigenvalue weighted by atomic mass is 9.95. The fourth-order valence-corrected chi connectivity index (χ4v) is 1.72. The molecule has 0 spiro atoms. The lowest BCUT2D eigenvalue weighted by Gasteiger charge is -2.15. The molecule has 0 aromatic heterocycles. The Balaban J connectivity index is 2.77. The van der Waals surface area contributed by atoms with Crippen molar-refractivity contribution < 1.29 is 4.74 Å². The monoisotopic (exact) mass is 232 g/mol. The van der Waals surface area contributed by atoms with E-state index in [1.807, 2.05) is 12.1 Å². The van der Waals surface area contributed by atoms with Gasteiger partial charge in [-0.15, -0.1) is 0 Å². The minimum atomic E-state index is -0.744. The molecule has 0 aliphatic carbocycles. The van der Waals surface area contributed by atoms with Crippen LogP contribution in [0.25, 0.3) is 0 Å². The van der Waals surface area contributed by atoms with Crippen molar-refractivity contribution in [2.24, 2.45) is 5.73 Å². The first kappa shape index (κ1) is 13.5. The third-order valence-corrected chi connectivity index (χ3v) is 2.91. The van der Waals surface area contributed by atoms with Crippen LogP contribution in [0, 0.1) is 11.3 Å². The van der Waals surface area contributed by atoms with Crippen LogP contribution in [-0.2, 0) is 12.8 Å². The summed E-state index contributed by atoms with van der Waals surface area (Å²) in [5, 5.41) is 8.86. The molecule has 0 amide bonds. The maximum atomic E-state index is 8.86. The predicted octanol–water partition coefficient (Wildman–Crippen LogP) is 2.43. The lowest BCUT2D eigenvalue weighted by molar-refractivity contribution is 0.410. The van der Waals surface area contributed by atoms with Crippen molar-refractivity contribution in [1.29, 1.82) is 5.26 Å². The Kier molecular flexibility index (Phi) is 4.53. The van der Waals surface area contributed by atoms with Crippen LogP contribution in [0.1, 0.15) is 31.4 Å². The summed E-state index contributed by atoms with van der Waals surface area (Å²) in [7, 11) is 1.68. The number of ether oxygens (including phenoxy) is 1. The van der Waals surface area contributed by atoms with Gasteiger partial charge in [0, 0.05) is 0 Å². The van der Waals surface area contributed by atoms with Gasteiger partial charge in [0.1, 0.15) is 11.3 Å². The van der Waals surface area contributed by atoms with E-state index in [0.29, 0.717) is 6.42 Å². The molecule has 3 heteroatoms. The van der Waals surface area contributed by atoms with E-state index in [1.165, 1.54) is 11.1 Å². The number of rotatable bonds is 5. The molecule has 0 aliphatic rings. The van der Waals surface area contributed by atoms with Gasteiger partial charge < -0.3 is 10.5 Å². The molecule has 1 rings (SSSR count). The SMILES string of the molecule is CCc1cc(CCC(C)(N)C#N)ccc1OC. The Morgan fingerprint density at radius 3 is 2.71 bits per heavy atom. The van der Waals surface area contributed by atoms with Gasteiger partial charge in [0.2, 0.25) is 0 Å². The molecule has 0 fully saturated rings. The maximum Gasteiger partial charge on any atom is 0.122 e. The molecule has 0 radical (unpaired) electrons. The number of nitrogens with zero attached hydrogens (tertiary/aromatic N) is 1. The fourth-order valence-electron chi connectivity index (χ4n) is 1.72. The van der Waals surface area contributed by atoms with E-state index in [2.05, 4.69) is 19.1 Å². The van der Waals surface area contributed by atoms with Gasteiger partial charge in [0.25, 0.3) is 0 Å². The minimum Gasteiger partial charge on any atom is -0.496 e. The number of hydrogen-bond acceptors (Lipinski definition) is 3. The molecule has 0 saturated heterocycles. The Morgan fingerprint density at radius 2 is 2.18 bits per heavy atom. The molecular formula is C14H20N2O. The summed E-state index contributed by atoms with van der Waals surface area (Å²) in [4.78, 5) is 0. The van der Waals surface area contributed by atoms with Crippen LogP contribution >= 0.6 is 0 Å². The van der Waals surface area contributed by atoms with Crippen molar-refractivity contribution in [3.05, 3.63) is 29.3 Å². The molecule has 1 unspecified atom stereocenters. The molecule has 1 aromatic rings. The number of nitriles is 1. The third kappa shape index (κ3) is 3.76. The highest BCUT2D eigenvalue weighted by atomic mass is 16.5. The van der Waals surface area contributed by atoms with Gasteiger partial charge in [-0.25, -0.2) is 0 Å². The van der Waals surface area contributed by atoms with E-state index in [4.69, 9.17) is 15.7 Å². The summed E-state index contributed by atoms with van der Waals surface area (Å²) in [6.45, 7) is 3.86. The summed E-state index contributed by atoms with van der Waals surface area (Å²) < 4.78 is 5.28. The Labute approximate surface area is 103 Å². The predicted molar refractivity (Wildman–Crippen MR) is 68.9 cm³/mol. The van der Waals surface area contributed by atoms with Crippen LogP contribution < -0.4 is 10.5 Å². The van der Waals surface area contributed by atoms with E-state index in [9.17, 15) is 0 Å². The van der Waals surface area contributed by atoms with Crippen LogP contribution in [-0.4, -0.2) is 12.6 Å². The van der Waals surface area contributed by atoms with Crippen LogP contribution in [0.5, 0.6) is 5.75 Å². The second-order valence-electron chi connectivity index (χ2n) is 4.53. The highest BCUT2D eigenvalue weighted by Crippen LogP contribution is 2.22. The van der Waals surface area contributed by atoms with E-state index in [-0.39, 0.29) is 0 Å². The largest absolute Gasteiger partial charge is 0.496 e. The van der Waals surface area contributed by atoms with Crippen molar-refractivity contribution in [2.45, 2.75) is 38.6 Å². The van der Waals surface area contributed by atoms with Crippen molar-refractivity contribution in [3.63, 3.8) is 0 Å². The summed E-state index contributed by atoms with van der Waals surface area (Å²) in [6.07, 6.45) is 2.42. The van der Waals surface area contributed by atoms with Gasteiger partial charge in [-0.1, -0.05) is 19.1 Å². The molecule has 92 valence electrons. The number of nitrogens with two attached hydrogens (primary N) is 1. The van der Waals surface area contributed by atoms with Crippen molar-refractivity contribution in [1.82, 2.24) is 0 Å². The summed E-state index contributed by atoms with van der Waals surface area (Å²) in [6, 6.07) is 8.26. The van der Waals surface area contributed by atoms with Gasteiger partial charge in [0.05, 0.1) is 13.2 Å². The average Bonchev–Trinajstić information content (AvgIpc) is 2.36. The molecule has 17 heavy (non-hydrogen) atoms. The lowest BCUT2D eigenvalue weighted by Crippen LogP contribution is -2.34. The first-order valence-electron chi connectivity index (χ1n) is 5.88. The second kappa shape index (κ2) is 5.70.